The van der Waals surface area contributed by atoms with Crippen LogP contribution >= 0.6 is 0 Å². The Bertz CT molecular complexity index is 308. The number of anilines is 1. The highest BCUT2D eigenvalue weighted by Crippen LogP contribution is 2.25. The molecule has 0 amide bonds. The van der Waals surface area contributed by atoms with E-state index in [4.69, 9.17) is 4.74 Å². The predicted molar refractivity (Wildman–Crippen MR) is 61.5 cm³/mol. The van der Waals surface area contributed by atoms with Crippen molar-refractivity contribution < 1.29 is 4.74 Å². The van der Waals surface area contributed by atoms with E-state index in [-0.39, 0.29) is 0 Å². The second-order valence-electron chi connectivity index (χ2n) is 3.79. The molecule has 0 atom stereocenters. The van der Waals surface area contributed by atoms with Crippen molar-refractivity contribution >= 4 is 5.69 Å². The van der Waals surface area contributed by atoms with Gasteiger partial charge < -0.3 is 10.1 Å². The van der Waals surface area contributed by atoms with Gasteiger partial charge in [-0.3, -0.25) is 0 Å². The fourth-order valence-electron chi connectivity index (χ4n) is 1.88. The molecule has 0 unspecified atom stereocenters. The molecule has 0 spiro atoms. The highest BCUT2D eigenvalue weighted by atomic mass is 16.5. The van der Waals surface area contributed by atoms with Crippen molar-refractivity contribution in [2.45, 2.75) is 18.9 Å². The second-order valence-corrected chi connectivity index (χ2v) is 3.79. The summed E-state index contributed by atoms with van der Waals surface area (Å²) in [6.07, 6.45) is 2.25. The summed E-state index contributed by atoms with van der Waals surface area (Å²) in [4.78, 5) is 0. The number of ether oxygens (including phenoxy) is 1. The lowest BCUT2D eigenvalue weighted by Crippen LogP contribution is -2.31. The summed E-state index contributed by atoms with van der Waals surface area (Å²) in [6, 6.07) is 8.59. The molecule has 1 aromatic carbocycles. The molecule has 0 saturated carbocycles. The molecule has 0 aliphatic carbocycles. The smallest absolute Gasteiger partial charge is 0.141 e. The normalized spacial score (nSPS) is 17.4. The summed E-state index contributed by atoms with van der Waals surface area (Å²) in [5, 5.41) is 7.86. The Hall–Kier alpha value is -1.22. The summed E-state index contributed by atoms with van der Waals surface area (Å²) >= 11 is 0. The number of hydrogen-bond acceptors (Lipinski definition) is 2. The minimum Gasteiger partial charge on any atom is -0.495 e. The highest BCUT2D eigenvalue weighted by Gasteiger charge is 2.14. The lowest BCUT2D eigenvalue weighted by molar-refractivity contribution is 0.413. The van der Waals surface area contributed by atoms with Gasteiger partial charge in [-0.1, -0.05) is 12.1 Å². The van der Waals surface area contributed by atoms with Gasteiger partial charge in [0.2, 0.25) is 0 Å². The lowest BCUT2D eigenvalue weighted by Gasteiger charge is -2.24. The van der Waals surface area contributed by atoms with Crippen LogP contribution in [0.1, 0.15) is 12.8 Å². The van der Waals surface area contributed by atoms with Crippen molar-refractivity contribution in [2.75, 3.05) is 25.5 Å². The maximum Gasteiger partial charge on any atom is 0.141 e. The fourth-order valence-corrected chi connectivity index (χ4v) is 1.88. The number of benzene rings is 1. The van der Waals surface area contributed by atoms with Gasteiger partial charge in [-0.15, -0.1) is 0 Å². The predicted octanol–water partition coefficient (Wildman–Crippen LogP) is 1.87. The molecule has 1 aliphatic rings. The number of para-hydroxylation sites is 2. The van der Waals surface area contributed by atoms with Crippen LogP contribution in [0.15, 0.2) is 24.3 Å². The zero-order valence-electron chi connectivity index (χ0n) is 9.07. The van der Waals surface area contributed by atoms with Gasteiger partial charge in [-0.25, -0.2) is 5.32 Å². The van der Waals surface area contributed by atoms with Gasteiger partial charge in [-0.05, 0) is 25.0 Å². The maximum absolute atomic E-state index is 5.30. The fraction of sp³-hybridized carbons (Fsp3) is 0.500. The van der Waals surface area contributed by atoms with Gasteiger partial charge in [0, 0.05) is 19.1 Å². The third-order valence-corrected chi connectivity index (χ3v) is 2.74. The first-order chi connectivity index (χ1) is 7.40. The molecule has 1 saturated heterocycles. The highest BCUT2D eigenvalue weighted by molar-refractivity contribution is 5.56. The van der Waals surface area contributed by atoms with Crippen LogP contribution in [0.25, 0.3) is 0 Å². The van der Waals surface area contributed by atoms with Crippen molar-refractivity contribution in [1.29, 1.82) is 0 Å². The molecule has 15 heavy (non-hydrogen) atoms. The summed E-state index contributed by atoms with van der Waals surface area (Å²) in [7, 11) is 1.71. The molecule has 1 aliphatic heterocycles. The zero-order valence-corrected chi connectivity index (χ0v) is 9.07. The topological polar surface area (TPSA) is 35.4 Å². The minimum atomic E-state index is 0.541. The van der Waals surface area contributed by atoms with Crippen LogP contribution in [0.2, 0.25) is 0 Å². The molecule has 81 valence electrons. The number of hydrogen-bond donors (Lipinski definition) is 1. The summed E-state index contributed by atoms with van der Waals surface area (Å²) < 4.78 is 5.30. The van der Waals surface area contributed by atoms with E-state index in [0.29, 0.717) is 6.04 Å². The Labute approximate surface area is 90.8 Å². The first-order valence-corrected chi connectivity index (χ1v) is 5.43. The van der Waals surface area contributed by atoms with Gasteiger partial charge >= 0.3 is 0 Å². The van der Waals surface area contributed by atoms with E-state index in [1.807, 2.05) is 18.2 Å². The van der Waals surface area contributed by atoms with Crippen molar-refractivity contribution in [2.24, 2.45) is 0 Å². The number of rotatable bonds is 3. The molecule has 1 aromatic rings. The van der Waals surface area contributed by atoms with Gasteiger partial charge in [0.05, 0.1) is 12.8 Å². The van der Waals surface area contributed by atoms with Crippen LogP contribution in [0, 0.1) is 0 Å². The van der Waals surface area contributed by atoms with E-state index < -0.39 is 0 Å². The largest absolute Gasteiger partial charge is 0.495 e. The molecule has 1 radical (unpaired) electrons. The first kappa shape index (κ1) is 10.3. The first-order valence-electron chi connectivity index (χ1n) is 5.43. The van der Waals surface area contributed by atoms with Crippen molar-refractivity contribution in [3.63, 3.8) is 0 Å². The van der Waals surface area contributed by atoms with E-state index in [1.165, 1.54) is 0 Å². The molecule has 1 N–H and O–H groups in total. The van der Waals surface area contributed by atoms with Crippen LogP contribution < -0.4 is 15.4 Å². The molecular formula is C12H17N2O. The third kappa shape index (κ3) is 2.63. The van der Waals surface area contributed by atoms with Gasteiger partial charge in [0.15, 0.2) is 0 Å². The summed E-state index contributed by atoms with van der Waals surface area (Å²) in [6.45, 7) is 1.96. The zero-order chi connectivity index (χ0) is 10.5. The maximum atomic E-state index is 5.30. The Morgan fingerprint density at radius 2 is 2.00 bits per heavy atom. The van der Waals surface area contributed by atoms with Gasteiger partial charge in [-0.2, -0.15) is 0 Å². The molecular weight excluding hydrogens is 188 g/mol. The molecule has 3 nitrogen and oxygen atoms in total. The van der Waals surface area contributed by atoms with Gasteiger partial charge in [0.1, 0.15) is 5.75 Å². The molecule has 2 rings (SSSR count). The second kappa shape index (κ2) is 5.03. The Morgan fingerprint density at radius 3 is 2.73 bits per heavy atom. The minimum absolute atomic E-state index is 0.541. The Kier molecular flexibility index (Phi) is 3.45. The SMILES string of the molecule is COc1ccccc1NC1CC[N]CC1. The van der Waals surface area contributed by atoms with Crippen molar-refractivity contribution in [1.82, 2.24) is 5.32 Å². The number of methoxy groups -OCH3 is 1. The number of nitrogens with one attached hydrogen (secondary N) is 1. The average molecular weight is 205 g/mol. The van der Waals surface area contributed by atoms with E-state index >= 15 is 0 Å². The molecule has 0 bridgehead atoms. The number of piperidine rings is 1. The van der Waals surface area contributed by atoms with Crippen LogP contribution in [0.5, 0.6) is 5.75 Å². The van der Waals surface area contributed by atoms with Crippen LogP contribution in [0.4, 0.5) is 5.69 Å². The summed E-state index contributed by atoms with van der Waals surface area (Å²) in [5.74, 6) is 0.917. The molecule has 1 heterocycles. The quantitative estimate of drug-likeness (QED) is 0.817. The molecule has 1 fully saturated rings. The number of nitrogens with zero attached hydrogens (tertiary/aromatic N) is 1. The summed E-state index contributed by atoms with van der Waals surface area (Å²) in [5.41, 5.74) is 1.09. The molecule has 3 heteroatoms. The van der Waals surface area contributed by atoms with E-state index in [2.05, 4.69) is 16.7 Å². The van der Waals surface area contributed by atoms with Gasteiger partial charge in [0.25, 0.3) is 0 Å². The van der Waals surface area contributed by atoms with Crippen LogP contribution in [-0.2, 0) is 0 Å². The van der Waals surface area contributed by atoms with Crippen LogP contribution in [0.3, 0.4) is 0 Å². The van der Waals surface area contributed by atoms with Crippen molar-refractivity contribution in [3.05, 3.63) is 24.3 Å². The van der Waals surface area contributed by atoms with E-state index in [0.717, 1.165) is 37.4 Å². The van der Waals surface area contributed by atoms with Crippen molar-refractivity contribution in [3.8, 4) is 5.75 Å². The third-order valence-electron chi connectivity index (χ3n) is 2.74. The average Bonchev–Trinajstić information content (AvgIpc) is 2.31. The standard InChI is InChI=1S/C12H17N2O/c1-15-12-5-3-2-4-11(12)14-10-6-8-13-9-7-10/h2-5,10,14H,6-9H2,1H3. The Balaban J connectivity index is 2.02. The molecule has 0 aromatic heterocycles. The van der Waals surface area contributed by atoms with Crippen LogP contribution in [-0.4, -0.2) is 26.2 Å². The van der Waals surface area contributed by atoms with E-state index in [1.54, 1.807) is 7.11 Å². The lowest BCUT2D eigenvalue weighted by atomic mass is 10.1. The monoisotopic (exact) mass is 205 g/mol. The van der Waals surface area contributed by atoms with E-state index in [9.17, 15) is 0 Å². The Morgan fingerprint density at radius 1 is 1.27 bits per heavy atom.